The van der Waals surface area contributed by atoms with Crippen LogP contribution in [-0.4, -0.2) is 13.6 Å². The van der Waals surface area contributed by atoms with Crippen LogP contribution in [0.25, 0.3) is 15.7 Å². The van der Waals surface area contributed by atoms with Crippen LogP contribution in [0, 0.1) is 11.8 Å². The Kier molecular flexibility index (Phi) is 4.39. The maximum atomic E-state index is 3.41. The van der Waals surface area contributed by atoms with E-state index in [9.17, 15) is 0 Å². The molecule has 2 aromatic rings. The Hall–Kier alpha value is -0.830. The number of thiophene rings is 1. The molecule has 3 aliphatic carbocycles. The van der Waals surface area contributed by atoms with Crippen LogP contribution in [-0.2, 0) is 0 Å². The van der Waals surface area contributed by atoms with Gasteiger partial charge in [0.05, 0.1) is 0 Å². The van der Waals surface area contributed by atoms with Crippen LogP contribution in [0.5, 0.6) is 0 Å². The van der Waals surface area contributed by atoms with Gasteiger partial charge in [-0.1, -0.05) is 12.1 Å². The number of fused-ring (bicyclic) bond motifs is 3. The number of allylic oxidation sites excluding steroid dienone is 1. The van der Waals surface area contributed by atoms with Crippen LogP contribution in [0.2, 0.25) is 0 Å². The van der Waals surface area contributed by atoms with Crippen LogP contribution in [0.3, 0.4) is 0 Å². The van der Waals surface area contributed by atoms with Gasteiger partial charge >= 0.3 is 0 Å². The molecule has 0 spiro atoms. The van der Waals surface area contributed by atoms with E-state index in [4.69, 9.17) is 0 Å². The van der Waals surface area contributed by atoms with Gasteiger partial charge in [-0.05, 0) is 84.2 Å². The third kappa shape index (κ3) is 2.44. The van der Waals surface area contributed by atoms with E-state index >= 15 is 0 Å². The van der Waals surface area contributed by atoms with E-state index in [0.29, 0.717) is 0 Å². The molecule has 0 unspecified atom stereocenters. The lowest BCUT2D eigenvalue weighted by Gasteiger charge is -2.41. The van der Waals surface area contributed by atoms with Crippen molar-refractivity contribution in [1.82, 2.24) is 5.32 Å². The van der Waals surface area contributed by atoms with Crippen molar-refractivity contribution in [2.75, 3.05) is 13.6 Å². The van der Waals surface area contributed by atoms with Crippen molar-refractivity contribution in [3.05, 3.63) is 40.8 Å². The largest absolute Gasteiger partial charge is 0.316 e. The average molecular weight is 320 g/mol. The summed E-state index contributed by atoms with van der Waals surface area (Å²) in [6.07, 6.45) is 5.61. The van der Waals surface area contributed by atoms with Gasteiger partial charge in [0.15, 0.2) is 0 Å². The fourth-order valence-electron chi connectivity index (χ4n) is 4.26. The molecule has 1 saturated carbocycles. The standard InChI is InChI=1S/C18H21NS.ClH/c1-19-11-16-12-5-7-13(8-6-12)18(16)15-3-2-4-17-14(15)9-10-20-17;/h2-4,9-10,12-13,19H,5-8,11H2,1H3;1H. The Bertz CT molecular complexity index is 665. The predicted octanol–water partition coefficient (Wildman–Crippen LogP) is 5.12. The summed E-state index contributed by atoms with van der Waals surface area (Å²) in [5, 5.41) is 7.10. The number of nitrogens with one attached hydrogen (secondary N) is 1. The molecule has 0 atom stereocenters. The first-order valence-electron chi connectivity index (χ1n) is 7.72. The molecule has 21 heavy (non-hydrogen) atoms. The van der Waals surface area contributed by atoms with Gasteiger partial charge in [-0.3, -0.25) is 0 Å². The van der Waals surface area contributed by atoms with Gasteiger partial charge in [0.2, 0.25) is 0 Å². The fraction of sp³-hybridized carbons (Fsp3) is 0.444. The third-order valence-electron chi connectivity index (χ3n) is 5.13. The first-order chi connectivity index (χ1) is 9.88. The molecule has 1 heterocycles. The second-order valence-corrected chi connectivity index (χ2v) is 7.10. The number of rotatable bonds is 3. The van der Waals surface area contributed by atoms with Crippen LogP contribution >= 0.6 is 23.7 Å². The maximum Gasteiger partial charge on any atom is 0.0348 e. The molecule has 1 aromatic carbocycles. The lowest BCUT2D eigenvalue weighted by Crippen LogP contribution is -2.30. The van der Waals surface area contributed by atoms with Crippen molar-refractivity contribution >= 4 is 39.4 Å². The topological polar surface area (TPSA) is 12.0 Å². The summed E-state index contributed by atoms with van der Waals surface area (Å²) in [5.74, 6) is 1.63. The van der Waals surface area contributed by atoms with Gasteiger partial charge < -0.3 is 5.32 Å². The minimum absolute atomic E-state index is 0. The molecule has 3 heteroatoms. The van der Waals surface area contributed by atoms with E-state index in [1.165, 1.54) is 41.3 Å². The van der Waals surface area contributed by atoms with Crippen LogP contribution < -0.4 is 5.32 Å². The van der Waals surface area contributed by atoms with Crippen molar-refractivity contribution in [2.24, 2.45) is 11.8 Å². The Morgan fingerprint density at radius 3 is 2.62 bits per heavy atom. The Morgan fingerprint density at radius 2 is 1.86 bits per heavy atom. The van der Waals surface area contributed by atoms with Crippen LogP contribution in [0.4, 0.5) is 0 Å². The third-order valence-corrected chi connectivity index (χ3v) is 6.01. The summed E-state index contributed by atoms with van der Waals surface area (Å²) in [6.45, 7) is 1.07. The first kappa shape index (κ1) is 15.1. The summed E-state index contributed by atoms with van der Waals surface area (Å²) in [4.78, 5) is 0. The van der Waals surface area contributed by atoms with Crippen LogP contribution in [0.1, 0.15) is 31.2 Å². The highest BCUT2D eigenvalue weighted by molar-refractivity contribution is 7.17. The minimum atomic E-state index is 0. The number of benzene rings is 1. The van der Waals surface area contributed by atoms with Crippen molar-refractivity contribution in [2.45, 2.75) is 25.7 Å². The highest BCUT2D eigenvalue weighted by atomic mass is 35.5. The predicted molar refractivity (Wildman–Crippen MR) is 95.4 cm³/mol. The van der Waals surface area contributed by atoms with E-state index in [1.54, 1.807) is 11.1 Å². The van der Waals surface area contributed by atoms with Gasteiger partial charge in [0.25, 0.3) is 0 Å². The molecule has 3 aliphatic rings. The van der Waals surface area contributed by atoms with Gasteiger partial charge in [0, 0.05) is 11.2 Å². The zero-order valence-electron chi connectivity index (χ0n) is 12.4. The Balaban J connectivity index is 0.00000132. The summed E-state index contributed by atoms with van der Waals surface area (Å²) in [5.41, 5.74) is 4.91. The monoisotopic (exact) mass is 319 g/mol. The molecule has 112 valence electrons. The van der Waals surface area contributed by atoms with Crippen molar-refractivity contribution in [3.63, 3.8) is 0 Å². The minimum Gasteiger partial charge on any atom is -0.316 e. The van der Waals surface area contributed by atoms with Crippen molar-refractivity contribution in [3.8, 4) is 0 Å². The Labute approximate surface area is 136 Å². The average Bonchev–Trinajstić information content (AvgIpc) is 2.97. The summed E-state index contributed by atoms with van der Waals surface area (Å²) in [7, 11) is 2.08. The van der Waals surface area contributed by atoms with Crippen molar-refractivity contribution < 1.29 is 0 Å². The molecule has 0 aliphatic heterocycles. The van der Waals surface area contributed by atoms with Gasteiger partial charge in [-0.15, -0.1) is 23.7 Å². The second kappa shape index (κ2) is 6.12. The highest BCUT2D eigenvalue weighted by Crippen LogP contribution is 2.50. The van der Waals surface area contributed by atoms with Gasteiger partial charge in [0.1, 0.15) is 0 Å². The van der Waals surface area contributed by atoms with Crippen LogP contribution in [0.15, 0.2) is 35.2 Å². The molecule has 1 N–H and O–H groups in total. The summed E-state index contributed by atoms with van der Waals surface area (Å²) < 4.78 is 1.43. The van der Waals surface area contributed by atoms with E-state index in [0.717, 1.165) is 18.4 Å². The maximum absolute atomic E-state index is 3.41. The van der Waals surface area contributed by atoms with E-state index in [-0.39, 0.29) is 12.4 Å². The van der Waals surface area contributed by atoms with E-state index < -0.39 is 0 Å². The normalized spacial score (nSPS) is 24.4. The highest BCUT2D eigenvalue weighted by Gasteiger charge is 2.35. The number of hydrogen-bond acceptors (Lipinski definition) is 2. The molecule has 0 saturated heterocycles. The number of likely N-dealkylation sites (N-methyl/N-ethyl adjacent to an activating group) is 1. The Morgan fingerprint density at radius 1 is 1.10 bits per heavy atom. The molecule has 1 nitrogen and oxygen atoms in total. The molecule has 1 fully saturated rings. The van der Waals surface area contributed by atoms with Gasteiger partial charge in [-0.25, -0.2) is 0 Å². The smallest absolute Gasteiger partial charge is 0.0348 e. The summed E-state index contributed by atoms with van der Waals surface area (Å²) in [6, 6.07) is 9.14. The lowest BCUT2D eigenvalue weighted by molar-refractivity contribution is 0.319. The molecule has 2 bridgehead atoms. The molecule has 0 amide bonds. The molecule has 0 radical (unpaired) electrons. The second-order valence-electron chi connectivity index (χ2n) is 6.16. The quantitative estimate of drug-likeness (QED) is 0.828. The molecular weight excluding hydrogens is 298 g/mol. The van der Waals surface area contributed by atoms with E-state index in [2.05, 4.69) is 42.0 Å². The summed E-state index contributed by atoms with van der Waals surface area (Å²) >= 11 is 1.86. The zero-order chi connectivity index (χ0) is 13.5. The van der Waals surface area contributed by atoms with Crippen molar-refractivity contribution in [1.29, 1.82) is 0 Å². The lowest BCUT2D eigenvalue weighted by atomic mass is 9.65. The molecular formula is C18H22ClNS. The van der Waals surface area contributed by atoms with E-state index in [1.807, 2.05) is 11.3 Å². The number of hydrogen-bond donors (Lipinski definition) is 1. The molecule has 1 aromatic heterocycles. The zero-order valence-corrected chi connectivity index (χ0v) is 14.0. The van der Waals surface area contributed by atoms with Gasteiger partial charge in [-0.2, -0.15) is 0 Å². The fourth-order valence-corrected chi connectivity index (χ4v) is 5.08. The molecule has 5 rings (SSSR count). The SMILES string of the molecule is CNCC1=C(c2cccc3sccc23)C2CCC1CC2.Cl. The first-order valence-corrected chi connectivity index (χ1v) is 8.60. The number of halogens is 1.